The van der Waals surface area contributed by atoms with E-state index in [-0.39, 0.29) is 33.7 Å². The fourth-order valence-corrected chi connectivity index (χ4v) is 4.05. The van der Waals surface area contributed by atoms with E-state index in [9.17, 15) is 13.2 Å². The Morgan fingerprint density at radius 2 is 1.79 bits per heavy atom. The Morgan fingerprint density at radius 1 is 1.12 bits per heavy atom. The molecule has 1 N–H and O–H groups in total. The molecule has 6 nitrogen and oxygen atoms in total. The van der Waals surface area contributed by atoms with Gasteiger partial charge in [-0.05, 0) is 31.2 Å². The molecular formula is C15H11Cl2NO5S. The number of fused-ring (bicyclic) bond motifs is 1. The third-order valence-electron chi connectivity index (χ3n) is 3.32. The molecule has 1 aliphatic rings. The van der Waals surface area contributed by atoms with Gasteiger partial charge < -0.3 is 9.47 Å². The molecule has 0 radical (unpaired) electrons. The molecule has 0 bridgehead atoms. The summed E-state index contributed by atoms with van der Waals surface area (Å²) in [5.41, 5.74) is 0.241. The number of sulfonamides is 1. The van der Waals surface area contributed by atoms with Crippen LogP contribution in [0, 0.1) is 0 Å². The average Bonchev–Trinajstić information content (AvgIpc) is 2.92. The van der Waals surface area contributed by atoms with Crippen molar-refractivity contribution in [3.05, 3.63) is 45.9 Å². The highest BCUT2D eigenvalue weighted by Crippen LogP contribution is 2.38. The quantitative estimate of drug-likeness (QED) is 0.808. The van der Waals surface area contributed by atoms with Crippen LogP contribution in [0.1, 0.15) is 17.3 Å². The zero-order valence-electron chi connectivity index (χ0n) is 12.3. The average molecular weight is 388 g/mol. The van der Waals surface area contributed by atoms with E-state index >= 15 is 0 Å². The van der Waals surface area contributed by atoms with Crippen LogP contribution in [-0.4, -0.2) is 21.0 Å². The first-order valence-electron chi connectivity index (χ1n) is 6.70. The molecule has 2 aromatic rings. The molecule has 0 saturated carbocycles. The molecule has 24 heavy (non-hydrogen) atoms. The molecular weight excluding hydrogens is 377 g/mol. The molecule has 0 atom stereocenters. The molecule has 1 aliphatic heterocycles. The van der Waals surface area contributed by atoms with Gasteiger partial charge in [-0.25, -0.2) is 8.42 Å². The van der Waals surface area contributed by atoms with Crippen LogP contribution < -0.4 is 14.2 Å². The molecule has 0 amide bonds. The predicted molar refractivity (Wildman–Crippen MR) is 89.8 cm³/mol. The summed E-state index contributed by atoms with van der Waals surface area (Å²) < 4.78 is 38.0. The third-order valence-corrected chi connectivity index (χ3v) is 5.40. The standard InChI is InChI=1S/C15H11Cl2NO5S/c1-8(19)10-5-13-14(23-7-22-13)6-12(10)18-24(20,21)15-3-2-9(16)4-11(15)17/h2-6,18H,7H2,1H3. The zero-order chi connectivity index (χ0) is 17.5. The lowest BCUT2D eigenvalue weighted by molar-refractivity contribution is 0.101. The van der Waals surface area contributed by atoms with Gasteiger partial charge in [-0.2, -0.15) is 0 Å². The van der Waals surface area contributed by atoms with Gasteiger partial charge in [0.1, 0.15) is 4.90 Å². The van der Waals surface area contributed by atoms with Crippen molar-refractivity contribution in [2.45, 2.75) is 11.8 Å². The maximum Gasteiger partial charge on any atom is 0.263 e. The second kappa shape index (κ2) is 6.16. The van der Waals surface area contributed by atoms with E-state index < -0.39 is 10.0 Å². The van der Waals surface area contributed by atoms with Crippen molar-refractivity contribution in [2.75, 3.05) is 11.5 Å². The lowest BCUT2D eigenvalue weighted by Crippen LogP contribution is -2.15. The number of rotatable bonds is 4. The SMILES string of the molecule is CC(=O)c1cc2c(cc1NS(=O)(=O)c1ccc(Cl)cc1Cl)OCO2. The number of halogens is 2. The number of hydrogen-bond acceptors (Lipinski definition) is 5. The van der Waals surface area contributed by atoms with Crippen LogP contribution in [0.4, 0.5) is 5.69 Å². The molecule has 0 unspecified atom stereocenters. The highest BCUT2D eigenvalue weighted by molar-refractivity contribution is 7.92. The highest BCUT2D eigenvalue weighted by atomic mass is 35.5. The molecule has 0 aliphatic carbocycles. The van der Waals surface area contributed by atoms with E-state index in [0.29, 0.717) is 16.5 Å². The topological polar surface area (TPSA) is 81.7 Å². The Morgan fingerprint density at radius 3 is 2.42 bits per heavy atom. The van der Waals surface area contributed by atoms with Crippen molar-refractivity contribution in [1.82, 2.24) is 0 Å². The smallest absolute Gasteiger partial charge is 0.263 e. The molecule has 0 aromatic heterocycles. The normalized spacial score (nSPS) is 13.0. The third kappa shape index (κ3) is 3.15. The van der Waals surface area contributed by atoms with E-state index in [2.05, 4.69) is 4.72 Å². The number of benzene rings is 2. The van der Waals surface area contributed by atoms with E-state index in [1.54, 1.807) is 0 Å². The molecule has 9 heteroatoms. The van der Waals surface area contributed by atoms with Gasteiger partial charge in [0.15, 0.2) is 17.3 Å². The van der Waals surface area contributed by atoms with Gasteiger partial charge >= 0.3 is 0 Å². The van der Waals surface area contributed by atoms with Gasteiger partial charge in [-0.3, -0.25) is 9.52 Å². The molecule has 0 saturated heterocycles. The largest absolute Gasteiger partial charge is 0.454 e. The number of carbonyl (C=O) groups excluding carboxylic acids is 1. The van der Waals surface area contributed by atoms with Crippen molar-refractivity contribution in [1.29, 1.82) is 0 Å². The summed E-state index contributed by atoms with van der Waals surface area (Å²) in [6, 6.07) is 6.86. The lowest BCUT2D eigenvalue weighted by atomic mass is 10.1. The molecule has 126 valence electrons. The van der Waals surface area contributed by atoms with E-state index in [0.717, 1.165) is 0 Å². The van der Waals surface area contributed by atoms with Crippen molar-refractivity contribution in [3.63, 3.8) is 0 Å². The summed E-state index contributed by atoms with van der Waals surface area (Å²) in [7, 11) is -4.02. The Hall–Kier alpha value is -1.96. The van der Waals surface area contributed by atoms with Crippen LogP contribution in [0.15, 0.2) is 35.2 Å². The molecule has 0 spiro atoms. The Labute approximate surface area is 148 Å². The number of carbonyl (C=O) groups is 1. The van der Waals surface area contributed by atoms with Crippen molar-refractivity contribution < 1.29 is 22.7 Å². The summed E-state index contributed by atoms with van der Waals surface area (Å²) in [5.74, 6) is 0.403. The molecule has 2 aromatic carbocycles. The molecule has 1 heterocycles. The number of hydrogen-bond donors (Lipinski definition) is 1. The fourth-order valence-electron chi connectivity index (χ4n) is 2.21. The zero-order valence-corrected chi connectivity index (χ0v) is 14.6. The van der Waals surface area contributed by atoms with Crippen LogP contribution in [0.2, 0.25) is 10.0 Å². The number of ketones is 1. The van der Waals surface area contributed by atoms with Crippen LogP contribution >= 0.6 is 23.2 Å². The first-order chi connectivity index (χ1) is 11.3. The number of Topliss-reactive ketones (excluding diaryl/α,β-unsaturated/α-hetero) is 1. The summed E-state index contributed by atoms with van der Waals surface area (Å²) in [6.45, 7) is 1.33. The Kier molecular flexibility index (Phi) is 4.33. The molecule has 3 rings (SSSR count). The minimum absolute atomic E-state index is 0.00585. The first kappa shape index (κ1) is 16.9. The summed E-state index contributed by atoms with van der Waals surface area (Å²) >= 11 is 11.7. The van der Waals surface area contributed by atoms with Gasteiger partial charge in [-0.1, -0.05) is 23.2 Å². The van der Waals surface area contributed by atoms with Crippen molar-refractivity contribution in [3.8, 4) is 11.5 Å². The van der Waals surface area contributed by atoms with Crippen molar-refractivity contribution >= 4 is 44.7 Å². The van der Waals surface area contributed by atoms with Crippen LogP contribution in [0.3, 0.4) is 0 Å². The van der Waals surface area contributed by atoms with Crippen molar-refractivity contribution in [2.24, 2.45) is 0 Å². The maximum atomic E-state index is 12.6. The lowest BCUT2D eigenvalue weighted by Gasteiger charge is -2.13. The first-order valence-corrected chi connectivity index (χ1v) is 8.94. The second-order valence-electron chi connectivity index (χ2n) is 4.99. The predicted octanol–water partition coefficient (Wildman–Crippen LogP) is 3.73. The minimum atomic E-state index is -4.02. The van der Waals surface area contributed by atoms with Gasteiger partial charge in [0.25, 0.3) is 10.0 Å². The maximum absolute atomic E-state index is 12.6. The van der Waals surface area contributed by atoms with E-state index in [1.165, 1.54) is 37.3 Å². The van der Waals surface area contributed by atoms with Gasteiger partial charge in [0.05, 0.1) is 10.7 Å². The van der Waals surface area contributed by atoms with E-state index in [4.69, 9.17) is 32.7 Å². The van der Waals surface area contributed by atoms with Gasteiger partial charge in [-0.15, -0.1) is 0 Å². The second-order valence-corrected chi connectivity index (χ2v) is 7.48. The Bertz CT molecular complexity index is 943. The monoisotopic (exact) mass is 387 g/mol. The number of nitrogens with one attached hydrogen (secondary N) is 1. The van der Waals surface area contributed by atoms with Crippen LogP contribution in [0.25, 0.3) is 0 Å². The van der Waals surface area contributed by atoms with E-state index in [1.807, 2.05) is 0 Å². The van der Waals surface area contributed by atoms with Gasteiger partial charge in [0.2, 0.25) is 6.79 Å². The number of ether oxygens (including phenoxy) is 2. The van der Waals surface area contributed by atoms with Gasteiger partial charge in [0, 0.05) is 16.7 Å². The summed E-state index contributed by atoms with van der Waals surface area (Å²) in [5, 5.41) is 0.284. The minimum Gasteiger partial charge on any atom is -0.454 e. The van der Waals surface area contributed by atoms with Crippen LogP contribution in [0.5, 0.6) is 11.5 Å². The molecule has 0 fully saturated rings. The summed E-state index contributed by atoms with van der Waals surface area (Å²) in [4.78, 5) is 11.7. The summed E-state index contributed by atoms with van der Waals surface area (Å²) in [6.07, 6.45) is 0. The van der Waals surface area contributed by atoms with Crippen LogP contribution in [-0.2, 0) is 10.0 Å². The fraction of sp³-hybridized carbons (Fsp3) is 0.133. The Balaban J connectivity index is 2.05. The number of anilines is 1. The highest BCUT2D eigenvalue weighted by Gasteiger charge is 2.24.